The Morgan fingerprint density at radius 2 is 2.46 bits per heavy atom. The molecule has 0 radical (unpaired) electrons. The molecule has 13 heavy (non-hydrogen) atoms. The molecule has 0 atom stereocenters. The lowest BCUT2D eigenvalue weighted by Crippen LogP contribution is -2.15. The van der Waals surface area contributed by atoms with E-state index in [1.807, 2.05) is 0 Å². The van der Waals surface area contributed by atoms with Gasteiger partial charge in [-0.25, -0.2) is 4.98 Å². The lowest BCUT2D eigenvalue weighted by molar-refractivity contribution is 0.200. The molecule has 0 saturated heterocycles. The molecular weight excluding hydrogens is 170 g/mol. The Kier molecular flexibility index (Phi) is 3.22. The Morgan fingerprint density at radius 1 is 1.69 bits per heavy atom. The van der Waals surface area contributed by atoms with Crippen LogP contribution in [-0.2, 0) is 0 Å². The van der Waals surface area contributed by atoms with Crippen molar-refractivity contribution in [3.8, 4) is 5.75 Å². The zero-order valence-electron chi connectivity index (χ0n) is 7.03. The molecule has 0 spiro atoms. The van der Waals surface area contributed by atoms with Gasteiger partial charge in [0, 0.05) is 6.20 Å². The number of aromatic nitrogens is 1. The molecule has 0 bridgehead atoms. The normalized spacial score (nSPS) is 9.62. The Labute approximate surface area is 75.7 Å². The van der Waals surface area contributed by atoms with Gasteiger partial charge in [-0.05, 0) is 12.1 Å². The highest BCUT2D eigenvalue weighted by Gasteiger charge is 2.06. The van der Waals surface area contributed by atoms with Crippen molar-refractivity contribution >= 4 is 5.84 Å². The van der Waals surface area contributed by atoms with Crippen molar-refractivity contribution < 1.29 is 9.84 Å². The van der Waals surface area contributed by atoms with Gasteiger partial charge in [0.2, 0.25) is 0 Å². The van der Waals surface area contributed by atoms with Gasteiger partial charge >= 0.3 is 0 Å². The van der Waals surface area contributed by atoms with Crippen LogP contribution in [0.15, 0.2) is 18.3 Å². The van der Waals surface area contributed by atoms with Crippen LogP contribution in [0, 0.1) is 5.41 Å². The Hall–Kier alpha value is -1.62. The number of pyridine rings is 1. The summed E-state index contributed by atoms with van der Waals surface area (Å²) in [4.78, 5) is 3.87. The highest BCUT2D eigenvalue weighted by atomic mass is 16.5. The summed E-state index contributed by atoms with van der Waals surface area (Å²) >= 11 is 0. The Bertz CT molecular complexity index is 301. The summed E-state index contributed by atoms with van der Waals surface area (Å²) in [5, 5.41) is 15.7. The highest BCUT2D eigenvalue weighted by molar-refractivity contribution is 5.95. The van der Waals surface area contributed by atoms with E-state index in [1.165, 1.54) is 6.20 Å². The van der Waals surface area contributed by atoms with Gasteiger partial charge in [0.15, 0.2) is 0 Å². The van der Waals surface area contributed by atoms with Gasteiger partial charge in [-0.15, -0.1) is 0 Å². The first kappa shape index (κ1) is 9.47. The van der Waals surface area contributed by atoms with E-state index in [-0.39, 0.29) is 19.0 Å². The molecule has 1 heterocycles. The lowest BCUT2D eigenvalue weighted by atomic mass is 10.3. The van der Waals surface area contributed by atoms with E-state index >= 15 is 0 Å². The maximum absolute atomic E-state index is 8.53. The molecule has 70 valence electrons. The summed E-state index contributed by atoms with van der Waals surface area (Å²) in [7, 11) is 0. The quantitative estimate of drug-likeness (QED) is 0.440. The number of nitrogens with two attached hydrogens (primary N) is 1. The number of aliphatic hydroxyl groups excluding tert-OH is 1. The molecule has 0 saturated carbocycles. The number of ether oxygens (including phenoxy) is 1. The molecule has 1 aromatic heterocycles. The van der Waals surface area contributed by atoms with Gasteiger partial charge in [0.1, 0.15) is 23.9 Å². The van der Waals surface area contributed by atoms with Crippen LogP contribution < -0.4 is 10.5 Å². The summed E-state index contributed by atoms with van der Waals surface area (Å²) in [5.74, 6) is 0.276. The van der Waals surface area contributed by atoms with Crippen LogP contribution in [0.4, 0.5) is 0 Å². The molecule has 0 amide bonds. The largest absolute Gasteiger partial charge is 0.489 e. The van der Waals surface area contributed by atoms with E-state index in [2.05, 4.69) is 4.98 Å². The van der Waals surface area contributed by atoms with Gasteiger partial charge in [-0.2, -0.15) is 0 Å². The Morgan fingerprint density at radius 3 is 3.08 bits per heavy atom. The van der Waals surface area contributed by atoms with E-state index in [0.29, 0.717) is 11.4 Å². The summed E-state index contributed by atoms with van der Waals surface area (Å²) in [6.45, 7) is 0.0954. The monoisotopic (exact) mass is 181 g/mol. The van der Waals surface area contributed by atoms with Gasteiger partial charge in [-0.3, -0.25) is 5.41 Å². The first-order valence-corrected chi connectivity index (χ1v) is 3.78. The standard InChI is InChI=1S/C8H11N3O2/c9-8(10)7-6(13-5-4-12)2-1-3-11-7/h1-3,12H,4-5H2,(H3,9,10). The number of hydrogen-bond donors (Lipinski definition) is 3. The number of nitrogen functional groups attached to an aromatic ring is 1. The minimum Gasteiger partial charge on any atom is -0.489 e. The van der Waals surface area contributed by atoms with Crippen molar-refractivity contribution in [1.82, 2.24) is 4.98 Å². The van der Waals surface area contributed by atoms with Crippen LogP contribution in [0.25, 0.3) is 0 Å². The van der Waals surface area contributed by atoms with Crippen LogP contribution in [-0.4, -0.2) is 29.1 Å². The van der Waals surface area contributed by atoms with Crippen molar-refractivity contribution in [3.05, 3.63) is 24.0 Å². The first-order valence-electron chi connectivity index (χ1n) is 3.78. The smallest absolute Gasteiger partial charge is 0.148 e. The number of nitrogens with zero attached hydrogens (tertiary/aromatic N) is 1. The molecular formula is C8H11N3O2. The second kappa shape index (κ2) is 4.42. The highest BCUT2D eigenvalue weighted by Crippen LogP contribution is 2.13. The number of amidine groups is 1. The fourth-order valence-corrected chi connectivity index (χ4v) is 0.865. The Balaban J connectivity index is 2.84. The summed E-state index contributed by atoms with van der Waals surface area (Å²) in [6.07, 6.45) is 1.53. The summed E-state index contributed by atoms with van der Waals surface area (Å²) in [6, 6.07) is 3.33. The van der Waals surface area contributed by atoms with Gasteiger partial charge in [0.25, 0.3) is 0 Å². The topological polar surface area (TPSA) is 92.2 Å². The summed E-state index contributed by atoms with van der Waals surface area (Å²) in [5.41, 5.74) is 5.57. The van der Waals surface area contributed by atoms with E-state index in [0.717, 1.165) is 0 Å². The minimum absolute atomic E-state index is 0.0771. The third-order valence-electron chi connectivity index (χ3n) is 1.37. The first-order chi connectivity index (χ1) is 6.25. The molecule has 0 aliphatic carbocycles. The number of nitrogens with one attached hydrogen (secondary N) is 1. The molecule has 5 nitrogen and oxygen atoms in total. The minimum atomic E-state index is -0.145. The third kappa shape index (κ3) is 2.41. The predicted molar refractivity (Wildman–Crippen MR) is 47.8 cm³/mol. The number of aliphatic hydroxyl groups is 1. The second-order valence-corrected chi connectivity index (χ2v) is 2.34. The van der Waals surface area contributed by atoms with Crippen molar-refractivity contribution in [3.63, 3.8) is 0 Å². The maximum Gasteiger partial charge on any atom is 0.148 e. The fraction of sp³-hybridized carbons (Fsp3) is 0.250. The molecule has 0 fully saturated rings. The third-order valence-corrected chi connectivity index (χ3v) is 1.37. The van der Waals surface area contributed by atoms with Crippen LogP contribution in [0.1, 0.15) is 5.69 Å². The van der Waals surface area contributed by atoms with Gasteiger partial charge < -0.3 is 15.6 Å². The molecule has 4 N–H and O–H groups in total. The lowest BCUT2D eigenvalue weighted by Gasteiger charge is -2.07. The van der Waals surface area contributed by atoms with Crippen molar-refractivity contribution in [2.24, 2.45) is 5.73 Å². The second-order valence-electron chi connectivity index (χ2n) is 2.34. The van der Waals surface area contributed by atoms with E-state index in [9.17, 15) is 0 Å². The average Bonchev–Trinajstić information content (AvgIpc) is 2.15. The van der Waals surface area contributed by atoms with Crippen LogP contribution in [0.2, 0.25) is 0 Å². The molecule has 1 aromatic rings. The zero-order valence-corrected chi connectivity index (χ0v) is 7.03. The van der Waals surface area contributed by atoms with Gasteiger partial charge in [0.05, 0.1) is 6.61 Å². The number of hydrogen-bond acceptors (Lipinski definition) is 4. The van der Waals surface area contributed by atoms with Crippen molar-refractivity contribution in [2.75, 3.05) is 13.2 Å². The average molecular weight is 181 g/mol. The molecule has 5 heteroatoms. The van der Waals surface area contributed by atoms with Gasteiger partial charge in [-0.1, -0.05) is 0 Å². The number of rotatable bonds is 4. The van der Waals surface area contributed by atoms with Crippen molar-refractivity contribution in [1.29, 1.82) is 5.41 Å². The molecule has 0 aliphatic rings. The van der Waals surface area contributed by atoms with Crippen LogP contribution in [0.5, 0.6) is 5.75 Å². The van der Waals surface area contributed by atoms with Crippen LogP contribution in [0.3, 0.4) is 0 Å². The molecule has 0 aromatic carbocycles. The molecule has 0 unspecified atom stereocenters. The van der Waals surface area contributed by atoms with E-state index in [1.54, 1.807) is 12.1 Å². The zero-order chi connectivity index (χ0) is 9.68. The molecule has 1 rings (SSSR count). The van der Waals surface area contributed by atoms with Crippen molar-refractivity contribution in [2.45, 2.75) is 0 Å². The van der Waals surface area contributed by atoms with Crippen LogP contribution >= 0.6 is 0 Å². The molecule has 0 aliphatic heterocycles. The van der Waals surface area contributed by atoms with E-state index < -0.39 is 0 Å². The summed E-state index contributed by atoms with van der Waals surface area (Å²) < 4.78 is 5.11. The predicted octanol–water partition coefficient (Wildman–Crippen LogP) is -0.263. The SMILES string of the molecule is N=C(N)c1ncccc1OCCO. The fourth-order valence-electron chi connectivity index (χ4n) is 0.865. The van der Waals surface area contributed by atoms with E-state index in [4.69, 9.17) is 21.0 Å². The maximum atomic E-state index is 8.53.